The summed E-state index contributed by atoms with van der Waals surface area (Å²) < 4.78 is 0. The van der Waals surface area contributed by atoms with Gasteiger partial charge in [0.25, 0.3) is 0 Å². The highest BCUT2D eigenvalue weighted by atomic mass is 16.2. The second kappa shape index (κ2) is 5.35. The van der Waals surface area contributed by atoms with Crippen LogP contribution in [-0.2, 0) is 4.79 Å². The number of nitrogens with zero attached hydrogens (tertiary/aromatic N) is 1. The first-order valence-corrected chi connectivity index (χ1v) is 5.73. The van der Waals surface area contributed by atoms with Crippen molar-refractivity contribution in [3.63, 3.8) is 0 Å². The summed E-state index contributed by atoms with van der Waals surface area (Å²) in [5.41, 5.74) is 0. The molecule has 14 heavy (non-hydrogen) atoms. The molecule has 82 valence electrons. The van der Waals surface area contributed by atoms with E-state index in [1.165, 1.54) is 19.3 Å². The monoisotopic (exact) mass is 198 g/mol. The highest BCUT2D eigenvalue weighted by Gasteiger charge is 2.32. The smallest absolute Gasteiger partial charge is 0.240 e. The highest BCUT2D eigenvalue weighted by molar-refractivity contribution is 5.83. The van der Waals surface area contributed by atoms with Gasteiger partial charge in [0.15, 0.2) is 0 Å². The third-order valence-corrected chi connectivity index (χ3v) is 2.86. The lowest BCUT2D eigenvalue weighted by Crippen LogP contribution is -2.35. The van der Waals surface area contributed by atoms with Gasteiger partial charge < -0.3 is 4.90 Å². The molecule has 3 heteroatoms. The summed E-state index contributed by atoms with van der Waals surface area (Å²) in [4.78, 5) is 13.6. The lowest BCUT2D eigenvalue weighted by molar-refractivity contribution is -0.129. The Hall–Kier alpha value is -0.570. The van der Waals surface area contributed by atoms with Gasteiger partial charge in [-0.05, 0) is 20.3 Å². The zero-order valence-corrected chi connectivity index (χ0v) is 9.55. The molecule has 0 aromatic heterocycles. The summed E-state index contributed by atoms with van der Waals surface area (Å²) >= 11 is 0. The Labute approximate surface area is 86.9 Å². The largest absolute Gasteiger partial charge is 0.326 e. The Morgan fingerprint density at radius 3 is 2.50 bits per heavy atom. The Balaban J connectivity index is 2.26. The molecule has 2 atom stereocenters. The maximum Gasteiger partial charge on any atom is 0.240 e. The summed E-state index contributed by atoms with van der Waals surface area (Å²) in [6.45, 7) is 7.11. The maximum absolute atomic E-state index is 11.6. The molecule has 1 aliphatic rings. The molecule has 1 rings (SSSR count). The van der Waals surface area contributed by atoms with Gasteiger partial charge in [0.1, 0.15) is 0 Å². The highest BCUT2D eigenvalue weighted by Crippen LogP contribution is 2.11. The second-order valence-corrected chi connectivity index (χ2v) is 4.16. The topological polar surface area (TPSA) is 32.3 Å². The molecule has 3 nitrogen and oxygen atoms in total. The fourth-order valence-electron chi connectivity index (χ4n) is 1.98. The van der Waals surface area contributed by atoms with Crippen LogP contribution in [0.1, 0.15) is 46.5 Å². The number of rotatable bonds is 5. The fourth-order valence-corrected chi connectivity index (χ4v) is 1.98. The van der Waals surface area contributed by atoms with Crippen molar-refractivity contribution in [2.45, 2.75) is 58.7 Å². The number of nitrogens with one attached hydrogen (secondary N) is 1. The molecule has 1 amide bonds. The third kappa shape index (κ3) is 2.71. The lowest BCUT2D eigenvalue weighted by Gasteiger charge is -2.20. The van der Waals surface area contributed by atoms with Crippen molar-refractivity contribution in [3.8, 4) is 0 Å². The molecule has 2 unspecified atom stereocenters. The van der Waals surface area contributed by atoms with E-state index >= 15 is 0 Å². The average Bonchev–Trinajstić information content (AvgIpc) is 2.38. The number of unbranched alkanes of at least 4 members (excludes halogenated alkanes) is 3. The van der Waals surface area contributed by atoms with E-state index in [0.29, 0.717) is 0 Å². The van der Waals surface area contributed by atoms with Gasteiger partial charge in [-0.1, -0.05) is 26.2 Å². The number of hydrogen-bond acceptors (Lipinski definition) is 2. The predicted octanol–water partition coefficient (Wildman–Crippen LogP) is 1.73. The van der Waals surface area contributed by atoms with Crippen LogP contribution >= 0.6 is 0 Å². The minimum absolute atomic E-state index is 0.0103. The van der Waals surface area contributed by atoms with Gasteiger partial charge in [-0.15, -0.1) is 0 Å². The molecule has 1 saturated heterocycles. The Kier molecular flexibility index (Phi) is 4.39. The minimum atomic E-state index is 0.0103. The maximum atomic E-state index is 11.6. The molecular weight excluding hydrogens is 176 g/mol. The van der Waals surface area contributed by atoms with Gasteiger partial charge in [-0.2, -0.15) is 0 Å². The first kappa shape index (κ1) is 11.5. The van der Waals surface area contributed by atoms with Gasteiger partial charge in [0.05, 0.1) is 12.2 Å². The van der Waals surface area contributed by atoms with Gasteiger partial charge in [-0.25, -0.2) is 0 Å². The van der Waals surface area contributed by atoms with Crippen molar-refractivity contribution < 1.29 is 4.79 Å². The average molecular weight is 198 g/mol. The van der Waals surface area contributed by atoms with E-state index in [4.69, 9.17) is 0 Å². The molecule has 0 spiro atoms. The molecule has 0 aromatic carbocycles. The number of carbonyl (C=O) groups is 1. The Bertz CT molecular complexity index is 194. The Morgan fingerprint density at radius 2 is 2.00 bits per heavy atom. The van der Waals surface area contributed by atoms with Crippen molar-refractivity contribution in [3.05, 3.63) is 0 Å². The number of carbonyl (C=O) groups excluding carboxylic acids is 1. The number of hydrogen-bond donors (Lipinski definition) is 1. The van der Waals surface area contributed by atoms with Crippen LogP contribution in [0.25, 0.3) is 0 Å². The van der Waals surface area contributed by atoms with Crippen LogP contribution in [0.4, 0.5) is 0 Å². The molecule has 0 saturated carbocycles. The van der Waals surface area contributed by atoms with Crippen LogP contribution in [0.3, 0.4) is 0 Å². The standard InChI is InChI=1S/C11H22N2O/c1-4-5-6-7-8-13-10(3)12-9(2)11(13)14/h9-10,12H,4-8H2,1-3H3. The lowest BCUT2D eigenvalue weighted by atomic mass is 10.2. The van der Waals surface area contributed by atoms with Crippen molar-refractivity contribution in [1.82, 2.24) is 10.2 Å². The normalized spacial score (nSPS) is 27.4. The first-order valence-electron chi connectivity index (χ1n) is 5.73. The van der Waals surface area contributed by atoms with E-state index in [1.807, 2.05) is 11.8 Å². The number of amides is 1. The zero-order valence-electron chi connectivity index (χ0n) is 9.55. The molecule has 1 heterocycles. The molecule has 1 fully saturated rings. The van der Waals surface area contributed by atoms with E-state index in [0.717, 1.165) is 13.0 Å². The fraction of sp³-hybridized carbons (Fsp3) is 0.909. The summed E-state index contributed by atoms with van der Waals surface area (Å²) in [6.07, 6.45) is 5.12. The summed E-state index contributed by atoms with van der Waals surface area (Å²) in [5, 5.41) is 3.23. The molecule has 0 bridgehead atoms. The Morgan fingerprint density at radius 1 is 1.29 bits per heavy atom. The molecule has 0 radical (unpaired) electrons. The van der Waals surface area contributed by atoms with Crippen molar-refractivity contribution >= 4 is 5.91 Å². The van der Waals surface area contributed by atoms with Gasteiger partial charge in [-0.3, -0.25) is 10.1 Å². The first-order chi connectivity index (χ1) is 6.66. The van der Waals surface area contributed by atoms with E-state index in [-0.39, 0.29) is 18.1 Å². The SMILES string of the molecule is CCCCCCN1C(=O)C(C)NC1C. The van der Waals surface area contributed by atoms with E-state index < -0.39 is 0 Å². The van der Waals surface area contributed by atoms with E-state index in [1.54, 1.807) is 0 Å². The molecule has 1 aliphatic heterocycles. The molecule has 0 aromatic rings. The van der Waals surface area contributed by atoms with Crippen LogP contribution in [-0.4, -0.2) is 29.6 Å². The van der Waals surface area contributed by atoms with Crippen molar-refractivity contribution in [1.29, 1.82) is 0 Å². The van der Waals surface area contributed by atoms with E-state index in [9.17, 15) is 4.79 Å². The van der Waals surface area contributed by atoms with Gasteiger partial charge >= 0.3 is 0 Å². The summed E-state index contributed by atoms with van der Waals surface area (Å²) in [6, 6.07) is 0.0103. The van der Waals surface area contributed by atoms with Crippen LogP contribution in [0.15, 0.2) is 0 Å². The summed E-state index contributed by atoms with van der Waals surface area (Å²) in [7, 11) is 0. The van der Waals surface area contributed by atoms with Gasteiger partial charge in [0.2, 0.25) is 5.91 Å². The van der Waals surface area contributed by atoms with Crippen LogP contribution in [0, 0.1) is 0 Å². The predicted molar refractivity (Wildman–Crippen MR) is 57.9 cm³/mol. The molecule has 0 aliphatic carbocycles. The quantitative estimate of drug-likeness (QED) is 0.682. The van der Waals surface area contributed by atoms with Crippen LogP contribution in [0.5, 0.6) is 0 Å². The van der Waals surface area contributed by atoms with E-state index in [2.05, 4.69) is 19.2 Å². The molecule has 1 N–H and O–H groups in total. The second-order valence-electron chi connectivity index (χ2n) is 4.16. The minimum Gasteiger partial charge on any atom is -0.326 e. The van der Waals surface area contributed by atoms with Gasteiger partial charge in [0, 0.05) is 6.54 Å². The van der Waals surface area contributed by atoms with Crippen LogP contribution in [0.2, 0.25) is 0 Å². The third-order valence-electron chi connectivity index (χ3n) is 2.86. The zero-order chi connectivity index (χ0) is 10.6. The van der Waals surface area contributed by atoms with Crippen molar-refractivity contribution in [2.75, 3.05) is 6.54 Å². The molecular formula is C11H22N2O. The summed E-state index contributed by atoms with van der Waals surface area (Å²) in [5.74, 6) is 0.258. The van der Waals surface area contributed by atoms with Crippen LogP contribution < -0.4 is 5.32 Å². The van der Waals surface area contributed by atoms with Crippen molar-refractivity contribution in [2.24, 2.45) is 0 Å².